The fourth-order valence-corrected chi connectivity index (χ4v) is 3.69. The zero-order valence-corrected chi connectivity index (χ0v) is 19.9. The van der Waals surface area contributed by atoms with Gasteiger partial charge in [0.15, 0.2) is 17.2 Å². The summed E-state index contributed by atoms with van der Waals surface area (Å²) in [5, 5.41) is 1.01. The predicted molar refractivity (Wildman–Crippen MR) is 131 cm³/mol. The molecule has 3 aromatic rings. The van der Waals surface area contributed by atoms with E-state index >= 15 is 0 Å². The van der Waals surface area contributed by atoms with Crippen molar-refractivity contribution >= 4 is 58.7 Å². The molecule has 0 spiro atoms. The maximum Gasteiger partial charge on any atom is 0.363 e. The topological polar surface area (TPSA) is 74.2 Å². The number of carbonyl (C=O) groups excluding carboxylic acids is 2. The molecular weight excluding hydrogens is 501 g/mol. The van der Waals surface area contributed by atoms with Crippen LogP contribution in [0.3, 0.4) is 0 Å². The first kappa shape index (κ1) is 23.8. The van der Waals surface area contributed by atoms with Crippen molar-refractivity contribution in [3.05, 3.63) is 98.1 Å². The third-order valence-electron chi connectivity index (χ3n) is 4.63. The fraction of sp³-hybridized carbons (Fsp3) is 0.0800. The van der Waals surface area contributed by atoms with Crippen LogP contribution in [0.1, 0.15) is 28.4 Å². The van der Waals surface area contributed by atoms with Crippen molar-refractivity contribution < 1.29 is 23.8 Å². The summed E-state index contributed by atoms with van der Waals surface area (Å²) in [6.45, 7) is 2.07. The van der Waals surface area contributed by atoms with Gasteiger partial charge in [0.2, 0.25) is 5.90 Å². The first-order valence-corrected chi connectivity index (χ1v) is 11.2. The molecule has 0 radical (unpaired) electrons. The molecule has 4 rings (SSSR count). The molecule has 34 heavy (non-hydrogen) atoms. The molecule has 0 saturated carbocycles. The highest BCUT2D eigenvalue weighted by molar-refractivity contribution is 6.34. The van der Waals surface area contributed by atoms with Gasteiger partial charge in [0.1, 0.15) is 0 Å². The van der Waals surface area contributed by atoms with Crippen LogP contribution in [0, 0.1) is 0 Å². The van der Waals surface area contributed by atoms with Gasteiger partial charge in [-0.05, 0) is 67.1 Å². The predicted octanol–water partition coefficient (Wildman–Crippen LogP) is 6.61. The molecule has 6 nitrogen and oxygen atoms in total. The van der Waals surface area contributed by atoms with Gasteiger partial charge in [0.25, 0.3) is 0 Å². The van der Waals surface area contributed by atoms with Gasteiger partial charge in [-0.15, -0.1) is 0 Å². The van der Waals surface area contributed by atoms with Crippen molar-refractivity contribution in [1.29, 1.82) is 0 Å². The highest BCUT2D eigenvalue weighted by Crippen LogP contribution is 2.38. The third kappa shape index (κ3) is 5.25. The Bertz CT molecular complexity index is 1330. The minimum absolute atomic E-state index is 0.0549. The van der Waals surface area contributed by atoms with Crippen LogP contribution < -0.4 is 9.47 Å². The number of cyclic esters (lactones) is 1. The summed E-state index contributed by atoms with van der Waals surface area (Å²) in [7, 11) is 0. The Kier molecular flexibility index (Phi) is 7.22. The molecule has 172 valence electrons. The average molecular weight is 517 g/mol. The molecule has 9 heteroatoms. The van der Waals surface area contributed by atoms with Gasteiger partial charge in [0, 0.05) is 5.02 Å². The average Bonchev–Trinajstić information content (AvgIpc) is 3.16. The molecule has 0 unspecified atom stereocenters. The Hall–Kier alpha value is -3.32. The van der Waals surface area contributed by atoms with Gasteiger partial charge in [-0.2, -0.15) is 0 Å². The summed E-state index contributed by atoms with van der Waals surface area (Å²) < 4.78 is 16.4. The summed E-state index contributed by atoms with van der Waals surface area (Å²) in [5.74, 6) is -0.876. The lowest BCUT2D eigenvalue weighted by Gasteiger charge is -2.13. The minimum Gasteiger partial charge on any atom is -0.490 e. The summed E-state index contributed by atoms with van der Waals surface area (Å²) >= 11 is 18.5. The van der Waals surface area contributed by atoms with Crippen LogP contribution in [0.4, 0.5) is 0 Å². The van der Waals surface area contributed by atoms with Gasteiger partial charge in [0.05, 0.1) is 27.8 Å². The number of nitrogens with zero attached hydrogens (tertiary/aromatic N) is 1. The number of hydrogen-bond acceptors (Lipinski definition) is 6. The summed E-state index contributed by atoms with van der Waals surface area (Å²) in [4.78, 5) is 29.2. The van der Waals surface area contributed by atoms with Gasteiger partial charge in [-0.1, -0.05) is 46.9 Å². The van der Waals surface area contributed by atoms with E-state index in [9.17, 15) is 9.59 Å². The SMILES string of the molecule is CCOc1cc(/C=C2\N=C(c3ccccc3Cl)OC2=O)cc(Cl)c1OC(=O)c1ccc(Cl)cc1. The number of halogens is 3. The molecule has 1 heterocycles. The zero-order valence-electron chi connectivity index (χ0n) is 17.7. The lowest BCUT2D eigenvalue weighted by molar-refractivity contribution is -0.129. The van der Waals surface area contributed by atoms with Crippen LogP contribution in [0.5, 0.6) is 11.5 Å². The van der Waals surface area contributed by atoms with Crippen molar-refractivity contribution in [3.63, 3.8) is 0 Å². The lowest BCUT2D eigenvalue weighted by Crippen LogP contribution is -2.10. The van der Waals surface area contributed by atoms with Gasteiger partial charge in [-0.25, -0.2) is 14.6 Å². The van der Waals surface area contributed by atoms with E-state index in [1.165, 1.54) is 24.3 Å². The molecule has 0 atom stereocenters. The van der Waals surface area contributed by atoms with E-state index in [2.05, 4.69) is 4.99 Å². The first-order valence-electron chi connectivity index (χ1n) is 10.1. The zero-order chi connectivity index (χ0) is 24.2. The second kappa shape index (κ2) is 10.3. The van der Waals surface area contributed by atoms with Crippen LogP contribution in [0.25, 0.3) is 6.08 Å². The van der Waals surface area contributed by atoms with E-state index in [4.69, 9.17) is 49.0 Å². The number of benzene rings is 3. The lowest BCUT2D eigenvalue weighted by atomic mass is 10.1. The highest BCUT2D eigenvalue weighted by Gasteiger charge is 2.26. The van der Waals surface area contributed by atoms with Crippen molar-refractivity contribution in [1.82, 2.24) is 0 Å². The number of carbonyl (C=O) groups is 2. The summed E-state index contributed by atoms with van der Waals surface area (Å²) in [6.07, 6.45) is 1.49. The Morgan fingerprint density at radius 3 is 2.47 bits per heavy atom. The van der Waals surface area contributed by atoms with Crippen LogP contribution >= 0.6 is 34.8 Å². The monoisotopic (exact) mass is 515 g/mol. The van der Waals surface area contributed by atoms with E-state index in [0.29, 0.717) is 33.3 Å². The molecule has 1 aliphatic heterocycles. The number of hydrogen-bond donors (Lipinski definition) is 0. The molecule has 0 saturated heterocycles. The van der Waals surface area contributed by atoms with E-state index in [1.807, 2.05) is 0 Å². The third-order valence-corrected chi connectivity index (χ3v) is 5.50. The standard InChI is InChI=1S/C25H16Cl3NO5/c1-2-32-21-13-14(11-19(28)22(21)33-24(30)15-7-9-16(26)10-8-15)12-20-25(31)34-23(29-20)17-5-3-4-6-18(17)27/h3-13H,2H2,1H3/b20-12-. The Labute approximate surface area is 210 Å². The molecule has 0 aliphatic carbocycles. The van der Waals surface area contributed by atoms with Crippen molar-refractivity contribution in [2.45, 2.75) is 6.92 Å². The van der Waals surface area contributed by atoms with E-state index in [0.717, 1.165) is 0 Å². The molecule has 0 N–H and O–H groups in total. The molecule has 3 aromatic carbocycles. The number of esters is 2. The van der Waals surface area contributed by atoms with Crippen LogP contribution in [0.15, 0.2) is 71.4 Å². The van der Waals surface area contributed by atoms with Gasteiger partial charge in [-0.3, -0.25) is 0 Å². The molecule has 0 amide bonds. The Balaban J connectivity index is 1.65. The van der Waals surface area contributed by atoms with Crippen molar-refractivity contribution in [2.75, 3.05) is 6.61 Å². The van der Waals surface area contributed by atoms with E-state index in [1.54, 1.807) is 49.4 Å². The van der Waals surface area contributed by atoms with Gasteiger partial charge >= 0.3 is 11.9 Å². The second-order valence-electron chi connectivity index (χ2n) is 6.98. The van der Waals surface area contributed by atoms with Crippen molar-refractivity contribution in [2.24, 2.45) is 4.99 Å². The molecular formula is C25H16Cl3NO5. The quantitative estimate of drug-likeness (QED) is 0.209. The largest absolute Gasteiger partial charge is 0.490 e. The van der Waals surface area contributed by atoms with Crippen LogP contribution in [0.2, 0.25) is 15.1 Å². The van der Waals surface area contributed by atoms with Crippen LogP contribution in [-0.2, 0) is 9.53 Å². The number of aliphatic imine (C=N–C) groups is 1. The molecule has 0 fully saturated rings. The molecule has 0 bridgehead atoms. The van der Waals surface area contributed by atoms with Crippen LogP contribution in [-0.4, -0.2) is 24.4 Å². The molecule has 0 aromatic heterocycles. The maximum atomic E-state index is 12.6. The first-order chi connectivity index (χ1) is 16.4. The van der Waals surface area contributed by atoms with Gasteiger partial charge < -0.3 is 14.2 Å². The van der Waals surface area contributed by atoms with E-state index in [-0.39, 0.29) is 28.1 Å². The Morgan fingerprint density at radius 2 is 1.76 bits per heavy atom. The van der Waals surface area contributed by atoms with E-state index < -0.39 is 11.9 Å². The smallest absolute Gasteiger partial charge is 0.363 e. The normalized spacial score (nSPS) is 14.1. The fourth-order valence-electron chi connectivity index (χ4n) is 3.09. The number of rotatable bonds is 6. The minimum atomic E-state index is -0.637. The molecule has 1 aliphatic rings. The summed E-state index contributed by atoms with van der Waals surface area (Å²) in [5.41, 5.74) is 1.35. The second-order valence-corrected chi connectivity index (χ2v) is 8.23. The maximum absolute atomic E-state index is 12.6. The highest BCUT2D eigenvalue weighted by atomic mass is 35.5. The summed E-state index contributed by atoms with van der Waals surface area (Å²) in [6, 6.07) is 16.2. The van der Waals surface area contributed by atoms with Crippen molar-refractivity contribution in [3.8, 4) is 11.5 Å². The Morgan fingerprint density at radius 1 is 1.03 bits per heavy atom. The number of ether oxygens (including phenoxy) is 3.